The zero-order chi connectivity index (χ0) is 13.2. The molecule has 0 aromatic heterocycles. The van der Waals surface area contributed by atoms with Crippen LogP contribution in [0.1, 0.15) is 5.56 Å². The molecule has 1 amide bonds. The maximum Gasteiger partial charge on any atom is 0.407 e. The van der Waals surface area contributed by atoms with Crippen LogP contribution in [-0.4, -0.2) is 31.1 Å². The fourth-order valence-corrected chi connectivity index (χ4v) is 1.37. The number of benzene rings is 1. The van der Waals surface area contributed by atoms with Gasteiger partial charge in [0, 0.05) is 0 Å². The minimum atomic E-state index is -0.580. The van der Waals surface area contributed by atoms with Crippen molar-refractivity contribution < 1.29 is 19.1 Å². The number of alkyl halides is 1. The smallest absolute Gasteiger partial charge is 0.407 e. The number of carbonyl (C=O) groups excluding carboxylic acids is 2. The summed E-state index contributed by atoms with van der Waals surface area (Å²) in [6.45, 7) is 0.604. The van der Waals surface area contributed by atoms with E-state index in [1.807, 2.05) is 30.3 Å². The number of hydrogen-bond acceptors (Lipinski definition) is 4. The van der Waals surface area contributed by atoms with E-state index in [0.29, 0.717) is 6.47 Å². The molecule has 5 nitrogen and oxygen atoms in total. The molecule has 0 aliphatic rings. The van der Waals surface area contributed by atoms with Crippen LogP contribution in [-0.2, 0) is 20.9 Å². The van der Waals surface area contributed by atoms with Gasteiger partial charge in [-0.1, -0.05) is 30.3 Å². The van der Waals surface area contributed by atoms with Gasteiger partial charge in [0.05, 0.1) is 12.4 Å². The topological polar surface area (TPSA) is 64.6 Å². The van der Waals surface area contributed by atoms with E-state index in [2.05, 4.69) is 10.1 Å². The number of ether oxygens (including phenoxy) is 2. The van der Waals surface area contributed by atoms with E-state index in [9.17, 15) is 9.59 Å². The fourth-order valence-electron chi connectivity index (χ4n) is 1.19. The lowest BCUT2D eigenvalue weighted by Gasteiger charge is -2.12. The number of rotatable bonds is 7. The largest absolute Gasteiger partial charge is 0.461 e. The van der Waals surface area contributed by atoms with Gasteiger partial charge in [-0.15, -0.1) is 11.6 Å². The highest BCUT2D eigenvalue weighted by atomic mass is 35.5. The molecule has 1 aromatic carbocycles. The zero-order valence-electron chi connectivity index (χ0n) is 9.67. The van der Waals surface area contributed by atoms with Crippen molar-refractivity contribution in [2.45, 2.75) is 12.7 Å². The minimum absolute atomic E-state index is 0.109. The number of halogens is 1. The highest BCUT2D eigenvalue weighted by Gasteiger charge is 2.10. The number of hydrogen-bond donors (Lipinski definition) is 1. The molecule has 1 aromatic rings. The molecule has 0 bridgehead atoms. The number of nitrogens with one attached hydrogen (secondary N) is 1. The molecule has 18 heavy (non-hydrogen) atoms. The monoisotopic (exact) mass is 271 g/mol. The van der Waals surface area contributed by atoms with Crippen LogP contribution in [0.3, 0.4) is 0 Å². The van der Waals surface area contributed by atoms with Crippen molar-refractivity contribution in [1.82, 2.24) is 5.32 Å². The average Bonchev–Trinajstić information content (AvgIpc) is 2.42. The first-order valence-corrected chi connectivity index (χ1v) is 5.89. The van der Waals surface area contributed by atoms with Gasteiger partial charge in [-0.25, -0.2) is 4.79 Å². The van der Waals surface area contributed by atoms with E-state index < -0.39 is 12.2 Å². The third-order valence-electron chi connectivity index (χ3n) is 2.11. The van der Waals surface area contributed by atoms with E-state index in [1.165, 1.54) is 0 Å². The Hall–Kier alpha value is -1.75. The zero-order valence-corrected chi connectivity index (χ0v) is 10.4. The van der Waals surface area contributed by atoms with Gasteiger partial charge in [-0.3, -0.25) is 4.79 Å². The summed E-state index contributed by atoms with van der Waals surface area (Å²) in [6, 6.07) is 9.30. The molecule has 98 valence electrons. The SMILES string of the molecule is O=CO[C@H](CCl)CNC(=O)OCc1ccccc1. The van der Waals surface area contributed by atoms with Crippen LogP contribution in [0, 0.1) is 0 Å². The summed E-state index contributed by atoms with van der Waals surface area (Å²) >= 11 is 5.53. The van der Waals surface area contributed by atoms with Gasteiger partial charge >= 0.3 is 6.09 Å². The van der Waals surface area contributed by atoms with Crippen molar-refractivity contribution in [3.8, 4) is 0 Å². The summed E-state index contributed by atoms with van der Waals surface area (Å²) < 4.78 is 9.59. The number of alkyl carbamates (subject to hydrolysis) is 1. The van der Waals surface area contributed by atoms with E-state index in [4.69, 9.17) is 16.3 Å². The van der Waals surface area contributed by atoms with Gasteiger partial charge in [-0.2, -0.15) is 0 Å². The average molecular weight is 272 g/mol. The molecule has 0 spiro atoms. The Kier molecular flexibility index (Phi) is 6.64. The first-order chi connectivity index (χ1) is 8.76. The van der Waals surface area contributed by atoms with E-state index in [0.717, 1.165) is 5.56 Å². The minimum Gasteiger partial charge on any atom is -0.461 e. The van der Waals surface area contributed by atoms with E-state index in [1.54, 1.807) is 0 Å². The molecular weight excluding hydrogens is 258 g/mol. The summed E-state index contributed by atoms with van der Waals surface area (Å²) in [7, 11) is 0. The maximum absolute atomic E-state index is 11.3. The molecule has 1 atom stereocenters. The Bertz CT molecular complexity index is 372. The van der Waals surface area contributed by atoms with Crippen molar-refractivity contribution in [3.05, 3.63) is 35.9 Å². The summed E-state index contributed by atoms with van der Waals surface area (Å²) in [4.78, 5) is 21.4. The predicted octanol–water partition coefficient (Wildman–Crippen LogP) is 1.69. The van der Waals surface area contributed by atoms with Gasteiger partial charge in [0.2, 0.25) is 0 Å². The summed E-state index contributed by atoms with van der Waals surface area (Å²) in [5.74, 6) is 0.109. The molecule has 1 N–H and O–H groups in total. The Morgan fingerprint density at radius 2 is 2.11 bits per heavy atom. The second-order valence-corrected chi connectivity index (χ2v) is 3.76. The van der Waals surface area contributed by atoms with Gasteiger partial charge in [0.25, 0.3) is 6.47 Å². The maximum atomic E-state index is 11.3. The lowest BCUT2D eigenvalue weighted by atomic mass is 10.2. The van der Waals surface area contributed by atoms with E-state index in [-0.39, 0.29) is 19.0 Å². The lowest BCUT2D eigenvalue weighted by molar-refractivity contribution is -0.132. The summed E-state index contributed by atoms with van der Waals surface area (Å²) in [5, 5.41) is 2.46. The molecule has 0 aliphatic carbocycles. The highest BCUT2D eigenvalue weighted by molar-refractivity contribution is 6.18. The van der Waals surface area contributed by atoms with Crippen molar-refractivity contribution in [2.75, 3.05) is 12.4 Å². The normalized spacial score (nSPS) is 11.4. The summed E-state index contributed by atoms with van der Waals surface area (Å²) in [6.07, 6.45) is -1.13. The quantitative estimate of drug-likeness (QED) is 0.605. The summed E-state index contributed by atoms with van der Waals surface area (Å²) in [5.41, 5.74) is 0.894. The highest BCUT2D eigenvalue weighted by Crippen LogP contribution is 2.00. The molecule has 6 heteroatoms. The number of amides is 1. The molecule has 0 unspecified atom stereocenters. The van der Waals surface area contributed by atoms with Crippen molar-refractivity contribution >= 4 is 24.2 Å². The molecule has 0 saturated carbocycles. The lowest BCUT2D eigenvalue weighted by Crippen LogP contribution is -2.34. The first-order valence-electron chi connectivity index (χ1n) is 5.36. The Balaban J connectivity index is 2.23. The second kappa shape index (κ2) is 8.36. The van der Waals surface area contributed by atoms with Crippen molar-refractivity contribution in [3.63, 3.8) is 0 Å². The Morgan fingerprint density at radius 1 is 1.39 bits per heavy atom. The van der Waals surface area contributed by atoms with Gasteiger partial charge < -0.3 is 14.8 Å². The third kappa shape index (κ3) is 5.54. The van der Waals surface area contributed by atoms with Crippen molar-refractivity contribution in [1.29, 1.82) is 0 Å². The van der Waals surface area contributed by atoms with Gasteiger partial charge in [0.15, 0.2) is 0 Å². The first kappa shape index (κ1) is 14.3. The van der Waals surface area contributed by atoms with Crippen LogP contribution in [0.5, 0.6) is 0 Å². The van der Waals surface area contributed by atoms with Crippen LogP contribution < -0.4 is 5.32 Å². The molecule has 0 heterocycles. The predicted molar refractivity (Wildman–Crippen MR) is 66.3 cm³/mol. The molecule has 0 saturated heterocycles. The van der Waals surface area contributed by atoms with Crippen LogP contribution in [0.4, 0.5) is 4.79 Å². The van der Waals surface area contributed by atoms with E-state index >= 15 is 0 Å². The van der Waals surface area contributed by atoms with Crippen LogP contribution in [0.25, 0.3) is 0 Å². The van der Waals surface area contributed by atoms with Crippen molar-refractivity contribution in [2.24, 2.45) is 0 Å². The molecule has 0 aliphatic heterocycles. The van der Waals surface area contributed by atoms with Crippen LogP contribution >= 0.6 is 11.6 Å². The molecule has 0 radical (unpaired) electrons. The van der Waals surface area contributed by atoms with Crippen LogP contribution in [0.2, 0.25) is 0 Å². The molecule has 0 fully saturated rings. The molecular formula is C12H14ClNO4. The van der Waals surface area contributed by atoms with Gasteiger partial charge in [0.1, 0.15) is 12.7 Å². The Labute approximate surface area is 110 Å². The molecule has 1 rings (SSSR count). The number of carbonyl (C=O) groups is 2. The van der Waals surface area contributed by atoms with Crippen LogP contribution in [0.15, 0.2) is 30.3 Å². The second-order valence-electron chi connectivity index (χ2n) is 3.45. The standard InChI is InChI=1S/C12H14ClNO4/c13-6-11(18-9-15)7-14-12(16)17-8-10-4-2-1-3-5-10/h1-5,9,11H,6-8H2,(H,14,16)/t11-/m1/s1. The third-order valence-corrected chi connectivity index (χ3v) is 2.45. The Morgan fingerprint density at radius 3 is 2.72 bits per heavy atom. The van der Waals surface area contributed by atoms with Gasteiger partial charge in [-0.05, 0) is 5.56 Å². The fraction of sp³-hybridized carbons (Fsp3) is 0.333.